The van der Waals surface area contributed by atoms with Crippen LogP contribution in [-0.4, -0.2) is 60.0 Å². The highest BCUT2D eigenvalue weighted by molar-refractivity contribution is 5.99. The zero-order chi connectivity index (χ0) is 15.0. The molecular weight excluding hydrogens is 264 g/mol. The summed E-state index contributed by atoms with van der Waals surface area (Å²) in [5.41, 5.74) is 2.48. The van der Waals surface area contributed by atoms with Crippen molar-refractivity contribution in [1.82, 2.24) is 14.8 Å². The molecule has 5 heteroatoms. The number of hydrogen-bond donors (Lipinski definition) is 1. The van der Waals surface area contributed by atoms with E-state index in [2.05, 4.69) is 22.2 Å². The number of hydrogen-bond acceptors (Lipinski definition) is 4. The fourth-order valence-electron chi connectivity index (χ4n) is 3.60. The lowest BCUT2D eigenvalue weighted by atomic mass is 10.1. The lowest BCUT2D eigenvalue weighted by molar-refractivity contribution is 0.0741. The highest BCUT2D eigenvalue weighted by Crippen LogP contribution is 2.29. The molecule has 2 saturated heterocycles. The molecule has 2 bridgehead atoms. The molecule has 0 radical (unpaired) electrons. The van der Waals surface area contributed by atoms with Crippen LogP contribution in [0.4, 0.5) is 5.69 Å². The van der Waals surface area contributed by atoms with Gasteiger partial charge in [-0.2, -0.15) is 0 Å². The number of nitrogens with zero attached hydrogens (tertiary/aromatic N) is 3. The third kappa shape index (κ3) is 2.62. The van der Waals surface area contributed by atoms with Crippen molar-refractivity contribution >= 4 is 11.6 Å². The zero-order valence-electron chi connectivity index (χ0n) is 13.1. The van der Waals surface area contributed by atoms with Crippen molar-refractivity contribution in [2.24, 2.45) is 0 Å². The number of nitrogens with one attached hydrogen (secondary N) is 1. The zero-order valence-corrected chi connectivity index (χ0v) is 13.1. The first-order chi connectivity index (χ1) is 10.1. The summed E-state index contributed by atoms with van der Waals surface area (Å²) in [6.45, 7) is 3.62. The van der Waals surface area contributed by atoms with Gasteiger partial charge in [0, 0.05) is 44.1 Å². The van der Waals surface area contributed by atoms with E-state index in [-0.39, 0.29) is 5.91 Å². The lowest BCUT2D eigenvalue weighted by Gasteiger charge is -2.26. The normalized spacial score (nSPS) is 25.8. The molecule has 2 aliphatic rings. The van der Waals surface area contributed by atoms with E-state index in [0.717, 1.165) is 30.9 Å². The monoisotopic (exact) mass is 288 g/mol. The molecule has 2 fully saturated rings. The molecule has 3 heterocycles. The van der Waals surface area contributed by atoms with Crippen molar-refractivity contribution in [3.05, 3.63) is 23.5 Å². The Labute approximate surface area is 126 Å². The van der Waals surface area contributed by atoms with Crippen LogP contribution in [0.25, 0.3) is 0 Å². The Balaban J connectivity index is 1.82. The second-order valence-corrected chi connectivity index (χ2v) is 6.21. The molecule has 114 valence electrons. The Morgan fingerprint density at radius 1 is 1.33 bits per heavy atom. The molecule has 2 aliphatic heterocycles. The van der Waals surface area contributed by atoms with Crippen LogP contribution < -0.4 is 5.32 Å². The maximum atomic E-state index is 12.9. The summed E-state index contributed by atoms with van der Waals surface area (Å²) in [5.74, 6) is 0.104. The Kier molecular flexibility index (Phi) is 3.85. The molecule has 0 saturated carbocycles. The lowest BCUT2D eigenvalue weighted by Crippen LogP contribution is -2.40. The molecule has 0 spiro atoms. The van der Waals surface area contributed by atoms with Gasteiger partial charge in [0.2, 0.25) is 0 Å². The van der Waals surface area contributed by atoms with Crippen LogP contribution in [-0.2, 0) is 0 Å². The minimum Gasteiger partial charge on any atom is -0.387 e. The van der Waals surface area contributed by atoms with E-state index in [1.807, 2.05) is 24.9 Å². The fourth-order valence-corrected chi connectivity index (χ4v) is 3.60. The average Bonchev–Trinajstić information content (AvgIpc) is 2.71. The average molecular weight is 288 g/mol. The smallest absolute Gasteiger partial charge is 0.257 e. The second kappa shape index (κ2) is 5.64. The van der Waals surface area contributed by atoms with E-state index in [1.165, 1.54) is 12.8 Å². The van der Waals surface area contributed by atoms with E-state index in [4.69, 9.17) is 0 Å². The number of fused-ring (bicyclic) bond motifs is 2. The fraction of sp³-hybridized carbons (Fsp3) is 0.625. The highest BCUT2D eigenvalue weighted by Gasteiger charge is 2.36. The molecule has 1 amide bonds. The molecule has 1 aromatic rings. The number of carbonyl (C=O) groups excluding carboxylic acids is 1. The van der Waals surface area contributed by atoms with Crippen LogP contribution >= 0.6 is 0 Å². The van der Waals surface area contributed by atoms with Gasteiger partial charge in [-0.1, -0.05) is 0 Å². The van der Waals surface area contributed by atoms with Gasteiger partial charge >= 0.3 is 0 Å². The third-order valence-corrected chi connectivity index (χ3v) is 4.98. The molecule has 1 aromatic heterocycles. The first-order valence-corrected chi connectivity index (χ1v) is 7.75. The summed E-state index contributed by atoms with van der Waals surface area (Å²) in [6.07, 6.45) is 5.26. The number of aryl methyl sites for hydroxylation is 1. The Bertz CT molecular complexity index is 545. The number of pyridine rings is 1. The Hall–Kier alpha value is -1.62. The number of aromatic nitrogens is 1. The van der Waals surface area contributed by atoms with Crippen LogP contribution in [0.3, 0.4) is 0 Å². The number of anilines is 1. The summed E-state index contributed by atoms with van der Waals surface area (Å²) < 4.78 is 0. The van der Waals surface area contributed by atoms with Crippen molar-refractivity contribution in [2.45, 2.75) is 38.3 Å². The summed E-state index contributed by atoms with van der Waals surface area (Å²) >= 11 is 0. The number of likely N-dealkylation sites (N-methyl/N-ethyl adjacent to an activating group) is 1. The minimum absolute atomic E-state index is 0.104. The predicted octanol–water partition coefficient (Wildman–Crippen LogP) is 1.74. The molecular formula is C16H24N4O. The van der Waals surface area contributed by atoms with Gasteiger partial charge in [-0.3, -0.25) is 14.7 Å². The van der Waals surface area contributed by atoms with Gasteiger partial charge < -0.3 is 10.2 Å². The summed E-state index contributed by atoms with van der Waals surface area (Å²) in [6, 6.07) is 3.09. The molecule has 0 aliphatic carbocycles. The molecule has 2 atom stereocenters. The molecule has 1 N–H and O–H groups in total. The Morgan fingerprint density at radius 2 is 2.10 bits per heavy atom. The molecule has 0 aromatic carbocycles. The predicted molar refractivity (Wildman–Crippen MR) is 83.6 cm³/mol. The van der Waals surface area contributed by atoms with Crippen molar-refractivity contribution in [2.75, 3.05) is 32.5 Å². The van der Waals surface area contributed by atoms with Crippen LogP contribution in [0, 0.1) is 6.92 Å². The van der Waals surface area contributed by atoms with Gasteiger partial charge in [0.1, 0.15) is 0 Å². The van der Waals surface area contributed by atoms with E-state index in [1.54, 1.807) is 6.20 Å². The van der Waals surface area contributed by atoms with Crippen molar-refractivity contribution < 1.29 is 4.79 Å². The Morgan fingerprint density at radius 3 is 2.86 bits per heavy atom. The van der Waals surface area contributed by atoms with Gasteiger partial charge in [-0.15, -0.1) is 0 Å². The minimum atomic E-state index is 0.104. The van der Waals surface area contributed by atoms with Crippen molar-refractivity contribution in [3.8, 4) is 0 Å². The molecule has 3 rings (SSSR count). The standard InChI is InChI=1S/C16H24N4O/c1-11-8-15(17-2)14(9-18-11)16(21)20-7-6-12-4-5-13(10-20)19(12)3/h8-9,12-13H,4-7,10H2,1-3H3,(H,17,18). The van der Waals surface area contributed by atoms with E-state index >= 15 is 0 Å². The van der Waals surface area contributed by atoms with Crippen LogP contribution in [0.2, 0.25) is 0 Å². The van der Waals surface area contributed by atoms with E-state index in [0.29, 0.717) is 17.6 Å². The van der Waals surface area contributed by atoms with Gasteiger partial charge in [-0.25, -0.2) is 0 Å². The van der Waals surface area contributed by atoms with Crippen LogP contribution in [0.5, 0.6) is 0 Å². The SMILES string of the molecule is CNc1cc(C)ncc1C(=O)N1CCC2CCC(C1)N2C. The van der Waals surface area contributed by atoms with E-state index < -0.39 is 0 Å². The molecule has 5 nitrogen and oxygen atoms in total. The summed E-state index contributed by atoms with van der Waals surface area (Å²) in [7, 11) is 4.05. The third-order valence-electron chi connectivity index (χ3n) is 4.98. The van der Waals surface area contributed by atoms with Gasteiger partial charge in [0.25, 0.3) is 5.91 Å². The molecule has 21 heavy (non-hydrogen) atoms. The molecule has 2 unspecified atom stereocenters. The maximum Gasteiger partial charge on any atom is 0.257 e. The number of rotatable bonds is 2. The number of amides is 1. The second-order valence-electron chi connectivity index (χ2n) is 6.21. The van der Waals surface area contributed by atoms with Crippen LogP contribution in [0.15, 0.2) is 12.3 Å². The number of carbonyl (C=O) groups is 1. The van der Waals surface area contributed by atoms with Crippen LogP contribution in [0.1, 0.15) is 35.3 Å². The van der Waals surface area contributed by atoms with E-state index in [9.17, 15) is 4.79 Å². The van der Waals surface area contributed by atoms with Crippen molar-refractivity contribution in [3.63, 3.8) is 0 Å². The van der Waals surface area contributed by atoms with Crippen molar-refractivity contribution in [1.29, 1.82) is 0 Å². The highest BCUT2D eigenvalue weighted by atomic mass is 16.2. The summed E-state index contributed by atoms with van der Waals surface area (Å²) in [4.78, 5) is 21.6. The maximum absolute atomic E-state index is 12.9. The number of likely N-dealkylation sites (tertiary alicyclic amines) is 1. The van der Waals surface area contributed by atoms with Gasteiger partial charge in [0.05, 0.1) is 11.3 Å². The largest absolute Gasteiger partial charge is 0.387 e. The topological polar surface area (TPSA) is 48.5 Å². The summed E-state index contributed by atoms with van der Waals surface area (Å²) in [5, 5.41) is 3.12. The van der Waals surface area contributed by atoms with Gasteiger partial charge in [0.15, 0.2) is 0 Å². The first kappa shape index (κ1) is 14.3. The quantitative estimate of drug-likeness (QED) is 0.900. The van der Waals surface area contributed by atoms with Gasteiger partial charge in [-0.05, 0) is 39.3 Å². The first-order valence-electron chi connectivity index (χ1n) is 7.75.